The molecule has 0 radical (unpaired) electrons. The normalized spacial score (nSPS) is 17.2. The number of aromatic hydroxyl groups is 1. The topological polar surface area (TPSA) is 87.1 Å². The first-order valence-electron chi connectivity index (χ1n) is 10.4. The van der Waals surface area contributed by atoms with Crippen molar-refractivity contribution in [3.8, 4) is 11.5 Å². The molecule has 0 bridgehead atoms. The molecule has 180 valence electrons. The van der Waals surface area contributed by atoms with Crippen molar-refractivity contribution in [3.63, 3.8) is 0 Å². The molecule has 1 amide bonds. The SMILES string of the molecule is COc1c(Cl)cc(/C(O)=C2\C(=O)C(=O)N(c3cc(C)cc(C)c3)C2c2ccc(O)c(Cl)c2)cc1Cl. The van der Waals surface area contributed by atoms with Crippen molar-refractivity contribution in [2.24, 2.45) is 0 Å². The maximum atomic E-state index is 13.3. The van der Waals surface area contributed by atoms with E-state index in [9.17, 15) is 19.8 Å². The number of methoxy groups -OCH3 is 1. The quantitative estimate of drug-likeness (QED) is 0.224. The minimum absolute atomic E-state index is 0.0315. The Morgan fingerprint density at radius 2 is 1.51 bits per heavy atom. The first-order chi connectivity index (χ1) is 16.5. The zero-order valence-corrected chi connectivity index (χ0v) is 21.2. The molecular weight excluding hydrogens is 513 g/mol. The van der Waals surface area contributed by atoms with E-state index in [0.717, 1.165) is 11.1 Å². The van der Waals surface area contributed by atoms with Crippen molar-refractivity contribution < 1.29 is 24.5 Å². The van der Waals surface area contributed by atoms with Crippen LogP contribution < -0.4 is 9.64 Å². The Balaban J connectivity index is 2.00. The Hall–Kier alpha value is -3.19. The maximum absolute atomic E-state index is 13.3. The van der Waals surface area contributed by atoms with Crippen LogP contribution in [0.4, 0.5) is 5.69 Å². The van der Waals surface area contributed by atoms with Crippen LogP contribution in [0.15, 0.2) is 54.1 Å². The lowest BCUT2D eigenvalue weighted by Crippen LogP contribution is -2.29. The molecule has 35 heavy (non-hydrogen) atoms. The number of carbonyl (C=O) groups excluding carboxylic acids is 2. The summed E-state index contributed by atoms with van der Waals surface area (Å²) < 4.78 is 5.16. The summed E-state index contributed by atoms with van der Waals surface area (Å²) in [7, 11) is 1.40. The molecule has 1 aliphatic heterocycles. The van der Waals surface area contributed by atoms with Gasteiger partial charge in [-0.1, -0.05) is 46.9 Å². The number of ketones is 1. The van der Waals surface area contributed by atoms with E-state index in [1.807, 2.05) is 19.9 Å². The lowest BCUT2D eigenvalue weighted by Gasteiger charge is -2.26. The minimum atomic E-state index is -1.03. The number of hydrogen-bond acceptors (Lipinski definition) is 5. The number of aliphatic hydroxyl groups excluding tert-OH is 1. The third kappa shape index (κ3) is 4.45. The van der Waals surface area contributed by atoms with Gasteiger partial charge in [0.25, 0.3) is 11.7 Å². The molecule has 3 aromatic carbocycles. The van der Waals surface area contributed by atoms with E-state index in [4.69, 9.17) is 39.5 Å². The highest BCUT2D eigenvalue weighted by molar-refractivity contribution is 6.52. The van der Waals surface area contributed by atoms with Crippen LogP contribution in [-0.4, -0.2) is 29.0 Å². The van der Waals surface area contributed by atoms with Crippen molar-refractivity contribution in [3.05, 3.63) is 91.4 Å². The summed E-state index contributed by atoms with van der Waals surface area (Å²) in [6.07, 6.45) is 0. The van der Waals surface area contributed by atoms with E-state index in [2.05, 4.69) is 0 Å². The molecule has 1 unspecified atom stereocenters. The predicted octanol–water partition coefficient (Wildman–Crippen LogP) is 6.60. The summed E-state index contributed by atoms with van der Waals surface area (Å²) >= 11 is 18.7. The Labute approximate surface area is 216 Å². The van der Waals surface area contributed by atoms with Crippen LogP contribution >= 0.6 is 34.8 Å². The Morgan fingerprint density at radius 3 is 2.06 bits per heavy atom. The van der Waals surface area contributed by atoms with Gasteiger partial charge in [0.2, 0.25) is 0 Å². The van der Waals surface area contributed by atoms with Gasteiger partial charge in [0.15, 0.2) is 5.75 Å². The fourth-order valence-corrected chi connectivity index (χ4v) is 5.07. The highest BCUT2D eigenvalue weighted by Gasteiger charge is 2.47. The monoisotopic (exact) mass is 531 g/mol. The van der Waals surface area contributed by atoms with Crippen LogP contribution in [0.3, 0.4) is 0 Å². The molecular formula is C26H20Cl3NO5. The van der Waals surface area contributed by atoms with Gasteiger partial charge in [-0.2, -0.15) is 0 Å². The fraction of sp³-hybridized carbons (Fsp3) is 0.154. The highest BCUT2D eigenvalue weighted by atomic mass is 35.5. The number of anilines is 1. The fourth-order valence-electron chi connectivity index (χ4n) is 4.24. The van der Waals surface area contributed by atoms with Gasteiger partial charge in [0.1, 0.15) is 11.5 Å². The van der Waals surface area contributed by atoms with E-state index in [0.29, 0.717) is 11.3 Å². The van der Waals surface area contributed by atoms with E-state index >= 15 is 0 Å². The molecule has 1 heterocycles. The Bertz CT molecular complexity index is 1370. The molecule has 0 saturated carbocycles. The number of hydrogen-bond donors (Lipinski definition) is 2. The van der Waals surface area contributed by atoms with E-state index in [1.165, 1.54) is 42.3 Å². The van der Waals surface area contributed by atoms with Crippen molar-refractivity contribution in [2.75, 3.05) is 12.0 Å². The van der Waals surface area contributed by atoms with Gasteiger partial charge >= 0.3 is 0 Å². The zero-order chi connectivity index (χ0) is 25.6. The molecule has 3 aromatic rings. The van der Waals surface area contributed by atoms with E-state index in [1.54, 1.807) is 12.1 Å². The number of nitrogens with zero attached hydrogens (tertiary/aromatic N) is 1. The number of phenols is 1. The molecule has 1 aliphatic rings. The second-order valence-corrected chi connectivity index (χ2v) is 9.42. The average molecular weight is 533 g/mol. The molecule has 6 nitrogen and oxygen atoms in total. The molecule has 1 fully saturated rings. The molecule has 0 aliphatic carbocycles. The van der Waals surface area contributed by atoms with Crippen molar-refractivity contribution >= 4 is 57.9 Å². The van der Waals surface area contributed by atoms with Crippen LogP contribution in [0.25, 0.3) is 5.76 Å². The number of carbonyl (C=O) groups is 2. The average Bonchev–Trinajstić information content (AvgIpc) is 3.05. The standard InChI is InChI=1S/C26H20Cl3NO5/c1-12-6-13(2)8-16(7-12)30-22(14-4-5-20(31)17(27)9-14)21(24(33)26(30)34)23(32)15-10-18(28)25(35-3)19(29)11-15/h4-11,22,31-32H,1-3H3/b23-21+. The van der Waals surface area contributed by atoms with E-state index < -0.39 is 23.5 Å². The molecule has 1 atom stereocenters. The number of Topliss-reactive ketones (excluding diaryl/α,β-unsaturated/α-hetero) is 1. The number of phenolic OH excluding ortho intramolecular Hbond substituents is 1. The number of aryl methyl sites for hydroxylation is 2. The zero-order valence-electron chi connectivity index (χ0n) is 18.9. The van der Waals surface area contributed by atoms with Crippen molar-refractivity contribution in [2.45, 2.75) is 19.9 Å². The molecule has 0 spiro atoms. The summed E-state index contributed by atoms with van der Waals surface area (Å²) in [5.74, 6) is -2.12. The first kappa shape index (κ1) is 24.9. The molecule has 4 rings (SSSR count). The van der Waals surface area contributed by atoms with Crippen LogP contribution in [0.5, 0.6) is 11.5 Å². The summed E-state index contributed by atoms with van der Waals surface area (Å²) in [4.78, 5) is 28.0. The van der Waals surface area contributed by atoms with Crippen LogP contribution in [0, 0.1) is 13.8 Å². The highest BCUT2D eigenvalue weighted by Crippen LogP contribution is 2.45. The van der Waals surface area contributed by atoms with Gasteiger partial charge < -0.3 is 14.9 Å². The third-order valence-corrected chi connectivity index (χ3v) is 6.56. The van der Waals surface area contributed by atoms with Crippen LogP contribution in [0.1, 0.15) is 28.3 Å². The largest absolute Gasteiger partial charge is 0.507 e. The summed E-state index contributed by atoms with van der Waals surface area (Å²) in [6, 6.07) is 11.6. The number of amides is 1. The second-order valence-electron chi connectivity index (χ2n) is 8.20. The molecule has 2 N–H and O–H groups in total. The number of aliphatic hydroxyl groups is 1. The number of rotatable bonds is 4. The summed E-state index contributed by atoms with van der Waals surface area (Å²) in [5, 5.41) is 21.5. The molecule has 9 heteroatoms. The predicted molar refractivity (Wildman–Crippen MR) is 137 cm³/mol. The van der Waals surface area contributed by atoms with Crippen molar-refractivity contribution in [1.29, 1.82) is 0 Å². The number of benzene rings is 3. The van der Waals surface area contributed by atoms with E-state index in [-0.39, 0.29) is 37.7 Å². The van der Waals surface area contributed by atoms with Gasteiger partial charge in [-0.15, -0.1) is 0 Å². The molecule has 0 aromatic heterocycles. The number of ether oxygens (including phenoxy) is 1. The Morgan fingerprint density at radius 1 is 0.914 bits per heavy atom. The van der Waals surface area contributed by atoms with Crippen LogP contribution in [-0.2, 0) is 9.59 Å². The lowest BCUT2D eigenvalue weighted by molar-refractivity contribution is -0.132. The minimum Gasteiger partial charge on any atom is -0.507 e. The lowest BCUT2D eigenvalue weighted by atomic mass is 9.94. The second kappa shape index (κ2) is 9.46. The summed E-state index contributed by atoms with van der Waals surface area (Å²) in [6.45, 7) is 3.75. The smallest absolute Gasteiger partial charge is 0.300 e. The van der Waals surface area contributed by atoms with Gasteiger partial charge in [0.05, 0.1) is 33.8 Å². The van der Waals surface area contributed by atoms with Gasteiger partial charge in [-0.3, -0.25) is 14.5 Å². The van der Waals surface area contributed by atoms with Gasteiger partial charge in [0, 0.05) is 11.3 Å². The van der Waals surface area contributed by atoms with Gasteiger partial charge in [-0.25, -0.2) is 0 Å². The summed E-state index contributed by atoms with van der Waals surface area (Å²) in [5.41, 5.74) is 2.63. The first-order valence-corrected chi connectivity index (χ1v) is 11.6. The molecule has 1 saturated heterocycles. The number of halogens is 3. The van der Waals surface area contributed by atoms with Crippen LogP contribution in [0.2, 0.25) is 15.1 Å². The Kier molecular flexibility index (Phi) is 6.73. The third-order valence-electron chi connectivity index (χ3n) is 5.69. The maximum Gasteiger partial charge on any atom is 0.300 e. The van der Waals surface area contributed by atoms with Crippen molar-refractivity contribution in [1.82, 2.24) is 0 Å². The van der Waals surface area contributed by atoms with Gasteiger partial charge in [-0.05, 0) is 66.9 Å².